The summed E-state index contributed by atoms with van der Waals surface area (Å²) in [7, 11) is 1.94. The summed E-state index contributed by atoms with van der Waals surface area (Å²) in [6.45, 7) is 8.77. The van der Waals surface area contributed by atoms with Gasteiger partial charge in [-0.05, 0) is 27.2 Å². The maximum Gasteiger partial charge on any atom is 0.273 e. The lowest BCUT2D eigenvalue weighted by molar-refractivity contribution is 0.0837. The van der Waals surface area contributed by atoms with E-state index in [0.29, 0.717) is 30.5 Å². The molecular formula is C17H24N4O3. The fraction of sp³-hybridized carbons (Fsp3) is 0.588. The molecule has 0 aliphatic carbocycles. The number of carbonyl (C=O) groups excluding carboxylic acids is 1. The first-order chi connectivity index (χ1) is 11.4. The first kappa shape index (κ1) is 16.7. The van der Waals surface area contributed by atoms with Crippen LogP contribution >= 0.6 is 0 Å². The average molecular weight is 332 g/mol. The van der Waals surface area contributed by atoms with Crippen molar-refractivity contribution in [3.05, 3.63) is 34.3 Å². The number of aromatic nitrogens is 3. The highest BCUT2D eigenvalue weighted by atomic mass is 16.5. The van der Waals surface area contributed by atoms with E-state index >= 15 is 0 Å². The van der Waals surface area contributed by atoms with Crippen molar-refractivity contribution >= 4 is 5.91 Å². The Kier molecular flexibility index (Phi) is 4.45. The molecule has 1 aliphatic rings. The molecule has 3 rings (SSSR count). The Morgan fingerprint density at radius 2 is 2.08 bits per heavy atom. The van der Waals surface area contributed by atoms with Gasteiger partial charge in [0.15, 0.2) is 11.6 Å². The summed E-state index contributed by atoms with van der Waals surface area (Å²) < 4.78 is 13.2. The largest absolute Gasteiger partial charge is 0.445 e. The standard InChI is InChI=1S/C17H24N4O3/c1-9-14(10(2)21(5)20-9)16-13(6-7-23-16)8-18-17(22)15-11(3)24-12(4)19-15/h13,16H,6-8H2,1-5H3,(H,18,22)/t13-,16+/m1/s1. The molecule has 7 nitrogen and oxygen atoms in total. The van der Waals surface area contributed by atoms with Crippen LogP contribution in [-0.2, 0) is 11.8 Å². The zero-order valence-electron chi connectivity index (χ0n) is 14.8. The summed E-state index contributed by atoms with van der Waals surface area (Å²) >= 11 is 0. The summed E-state index contributed by atoms with van der Waals surface area (Å²) in [5.41, 5.74) is 3.60. The number of aryl methyl sites for hydroxylation is 4. The molecule has 0 radical (unpaired) electrons. The highest BCUT2D eigenvalue weighted by molar-refractivity contribution is 5.93. The number of rotatable bonds is 4. The lowest BCUT2D eigenvalue weighted by atomic mass is 9.94. The van der Waals surface area contributed by atoms with E-state index < -0.39 is 0 Å². The molecule has 1 aliphatic heterocycles. The van der Waals surface area contributed by atoms with E-state index in [1.807, 2.05) is 25.6 Å². The van der Waals surface area contributed by atoms with E-state index in [9.17, 15) is 4.79 Å². The Bertz CT molecular complexity index is 762. The smallest absolute Gasteiger partial charge is 0.273 e. The van der Waals surface area contributed by atoms with E-state index in [4.69, 9.17) is 9.15 Å². The predicted molar refractivity (Wildman–Crippen MR) is 87.8 cm³/mol. The fourth-order valence-electron chi connectivity index (χ4n) is 3.41. The maximum atomic E-state index is 12.3. The number of carbonyl (C=O) groups is 1. The molecule has 2 aromatic heterocycles. The van der Waals surface area contributed by atoms with Crippen molar-refractivity contribution in [3.8, 4) is 0 Å². The molecule has 1 fully saturated rings. The second kappa shape index (κ2) is 6.39. The zero-order chi connectivity index (χ0) is 17.4. The van der Waals surface area contributed by atoms with E-state index in [1.165, 1.54) is 0 Å². The van der Waals surface area contributed by atoms with Gasteiger partial charge in [0.1, 0.15) is 5.76 Å². The maximum absolute atomic E-state index is 12.3. The summed E-state index contributed by atoms with van der Waals surface area (Å²) in [6, 6.07) is 0. The van der Waals surface area contributed by atoms with Gasteiger partial charge in [-0.1, -0.05) is 0 Å². The van der Waals surface area contributed by atoms with Gasteiger partial charge >= 0.3 is 0 Å². The summed E-state index contributed by atoms with van der Waals surface area (Å²) in [6.07, 6.45) is 0.884. The molecule has 0 unspecified atom stereocenters. The molecule has 130 valence electrons. The quantitative estimate of drug-likeness (QED) is 0.927. The highest BCUT2D eigenvalue weighted by Crippen LogP contribution is 2.37. The van der Waals surface area contributed by atoms with Crippen LogP contribution in [0, 0.1) is 33.6 Å². The van der Waals surface area contributed by atoms with Gasteiger partial charge in [0.2, 0.25) is 0 Å². The van der Waals surface area contributed by atoms with E-state index in [2.05, 4.69) is 15.4 Å². The number of oxazole rings is 1. The predicted octanol–water partition coefficient (Wildman–Crippen LogP) is 2.15. The third-order valence-electron chi connectivity index (χ3n) is 4.71. The van der Waals surface area contributed by atoms with Crippen LogP contribution in [0.15, 0.2) is 4.42 Å². The minimum Gasteiger partial charge on any atom is -0.445 e. The summed E-state index contributed by atoms with van der Waals surface area (Å²) in [4.78, 5) is 16.5. The number of nitrogens with one attached hydrogen (secondary N) is 1. The Balaban J connectivity index is 1.70. The van der Waals surface area contributed by atoms with Crippen molar-refractivity contribution in [2.45, 2.75) is 40.2 Å². The van der Waals surface area contributed by atoms with Gasteiger partial charge in [-0.2, -0.15) is 5.10 Å². The molecule has 1 N–H and O–H groups in total. The van der Waals surface area contributed by atoms with Gasteiger partial charge in [0, 0.05) is 44.3 Å². The molecule has 24 heavy (non-hydrogen) atoms. The third kappa shape index (κ3) is 2.96. The Labute approximate surface area is 141 Å². The van der Waals surface area contributed by atoms with Crippen LogP contribution in [0.4, 0.5) is 0 Å². The van der Waals surface area contributed by atoms with E-state index in [1.54, 1.807) is 13.8 Å². The molecule has 1 saturated heterocycles. The van der Waals surface area contributed by atoms with Crippen LogP contribution in [0.1, 0.15) is 51.6 Å². The molecule has 0 aromatic carbocycles. The number of ether oxygens (including phenoxy) is 1. The lowest BCUT2D eigenvalue weighted by Gasteiger charge is -2.19. The van der Waals surface area contributed by atoms with Crippen LogP contribution in [0.2, 0.25) is 0 Å². The van der Waals surface area contributed by atoms with Gasteiger partial charge in [-0.15, -0.1) is 0 Å². The summed E-state index contributed by atoms with van der Waals surface area (Å²) in [5, 5.41) is 7.45. The van der Waals surface area contributed by atoms with E-state index in [-0.39, 0.29) is 17.9 Å². The van der Waals surface area contributed by atoms with Crippen LogP contribution in [-0.4, -0.2) is 33.8 Å². The first-order valence-corrected chi connectivity index (χ1v) is 8.22. The van der Waals surface area contributed by atoms with Crippen LogP contribution in [0.25, 0.3) is 0 Å². The van der Waals surface area contributed by atoms with Crippen molar-refractivity contribution in [1.29, 1.82) is 0 Å². The minimum atomic E-state index is -0.199. The second-order valence-corrected chi connectivity index (χ2v) is 6.40. The molecule has 2 aromatic rings. The van der Waals surface area contributed by atoms with Gasteiger partial charge in [-0.3, -0.25) is 9.48 Å². The van der Waals surface area contributed by atoms with Crippen molar-refractivity contribution in [2.24, 2.45) is 13.0 Å². The lowest BCUT2D eigenvalue weighted by Crippen LogP contribution is -2.31. The first-order valence-electron chi connectivity index (χ1n) is 8.22. The number of hydrogen-bond donors (Lipinski definition) is 1. The fourth-order valence-corrected chi connectivity index (χ4v) is 3.41. The van der Waals surface area contributed by atoms with Crippen molar-refractivity contribution in [2.75, 3.05) is 13.2 Å². The van der Waals surface area contributed by atoms with Crippen molar-refractivity contribution in [3.63, 3.8) is 0 Å². The Morgan fingerprint density at radius 3 is 2.67 bits per heavy atom. The van der Waals surface area contributed by atoms with E-state index in [0.717, 1.165) is 23.4 Å². The molecule has 3 heterocycles. The molecule has 0 saturated carbocycles. The van der Waals surface area contributed by atoms with Gasteiger partial charge in [0.25, 0.3) is 5.91 Å². The molecule has 2 atom stereocenters. The van der Waals surface area contributed by atoms with Crippen molar-refractivity contribution < 1.29 is 13.9 Å². The van der Waals surface area contributed by atoms with Crippen LogP contribution < -0.4 is 5.32 Å². The molecule has 0 spiro atoms. The van der Waals surface area contributed by atoms with Crippen molar-refractivity contribution in [1.82, 2.24) is 20.1 Å². The minimum absolute atomic E-state index is 0.0286. The zero-order valence-corrected chi connectivity index (χ0v) is 14.8. The molecule has 7 heteroatoms. The van der Waals surface area contributed by atoms with Gasteiger partial charge in [0.05, 0.1) is 11.8 Å². The average Bonchev–Trinajstić information content (AvgIpc) is 3.16. The Morgan fingerprint density at radius 1 is 1.33 bits per heavy atom. The normalized spacial score (nSPS) is 20.5. The van der Waals surface area contributed by atoms with Crippen LogP contribution in [0.5, 0.6) is 0 Å². The monoisotopic (exact) mass is 332 g/mol. The number of amides is 1. The molecular weight excluding hydrogens is 308 g/mol. The van der Waals surface area contributed by atoms with Crippen LogP contribution in [0.3, 0.4) is 0 Å². The van der Waals surface area contributed by atoms with Gasteiger partial charge in [-0.25, -0.2) is 4.98 Å². The number of hydrogen-bond acceptors (Lipinski definition) is 5. The summed E-state index contributed by atoms with van der Waals surface area (Å²) in [5.74, 6) is 1.07. The highest BCUT2D eigenvalue weighted by Gasteiger charge is 2.34. The Hall–Kier alpha value is -2.15. The molecule has 1 amide bonds. The second-order valence-electron chi connectivity index (χ2n) is 6.40. The topological polar surface area (TPSA) is 82.2 Å². The molecule has 0 bridgehead atoms. The van der Waals surface area contributed by atoms with Gasteiger partial charge < -0.3 is 14.5 Å². The SMILES string of the molecule is Cc1nc(C(=O)NC[C@H]2CCO[C@@H]2c2c(C)nn(C)c2C)c(C)o1. The number of nitrogens with zero attached hydrogens (tertiary/aromatic N) is 3. The third-order valence-corrected chi connectivity index (χ3v) is 4.71.